The summed E-state index contributed by atoms with van der Waals surface area (Å²) in [6.07, 6.45) is 0. The van der Waals surface area contributed by atoms with Crippen molar-refractivity contribution >= 4 is 17.0 Å². The molecule has 130 valence electrons. The third kappa shape index (κ3) is 3.33. The van der Waals surface area contributed by atoms with Gasteiger partial charge in [-0.25, -0.2) is 14.5 Å². The maximum absolute atomic E-state index is 12.6. The number of esters is 1. The smallest absolute Gasteiger partial charge is 0.339 e. The molecule has 0 radical (unpaired) electrons. The Bertz CT molecular complexity index is 914. The van der Waals surface area contributed by atoms with Crippen LogP contribution in [0.5, 0.6) is 5.75 Å². The molecule has 2 aromatic heterocycles. The van der Waals surface area contributed by atoms with Crippen LogP contribution in [0.4, 0.5) is 0 Å². The summed E-state index contributed by atoms with van der Waals surface area (Å²) in [5.41, 5.74) is 3.67. The SMILES string of the molecule is CCn1nc(C)c2c(C(=O)OCc3ccc(OC)cc3)cc(C)nc21. The number of carbonyl (C=O) groups is 1. The van der Waals surface area contributed by atoms with Crippen LogP contribution in [0.15, 0.2) is 30.3 Å². The fraction of sp³-hybridized carbons (Fsp3) is 0.316. The van der Waals surface area contributed by atoms with Gasteiger partial charge in [-0.2, -0.15) is 5.10 Å². The first-order chi connectivity index (χ1) is 12.0. The Morgan fingerprint density at radius 3 is 2.56 bits per heavy atom. The number of hydrogen-bond donors (Lipinski definition) is 0. The Morgan fingerprint density at radius 2 is 1.92 bits per heavy atom. The van der Waals surface area contributed by atoms with Crippen LogP contribution in [0, 0.1) is 13.8 Å². The predicted octanol–water partition coefficient (Wildman–Crippen LogP) is 3.43. The minimum Gasteiger partial charge on any atom is -0.497 e. The molecule has 0 unspecified atom stereocenters. The molecular formula is C19H21N3O3. The summed E-state index contributed by atoms with van der Waals surface area (Å²) in [6, 6.07) is 9.19. The Labute approximate surface area is 146 Å². The normalized spacial score (nSPS) is 10.9. The molecule has 0 saturated carbocycles. The van der Waals surface area contributed by atoms with E-state index in [2.05, 4.69) is 10.1 Å². The average Bonchev–Trinajstić information content (AvgIpc) is 2.95. The fourth-order valence-corrected chi connectivity index (χ4v) is 2.81. The molecule has 0 fully saturated rings. The quantitative estimate of drug-likeness (QED) is 0.666. The minimum atomic E-state index is -0.370. The molecule has 0 N–H and O–H groups in total. The standard InChI is InChI=1S/C19H21N3O3/c1-5-22-18-17(13(3)21-22)16(10-12(2)20-18)19(23)25-11-14-6-8-15(24-4)9-7-14/h6-10H,5,11H2,1-4H3. The van der Waals surface area contributed by atoms with Gasteiger partial charge in [-0.3, -0.25) is 0 Å². The molecule has 0 amide bonds. The van der Waals surface area contributed by atoms with E-state index in [4.69, 9.17) is 9.47 Å². The highest BCUT2D eigenvalue weighted by molar-refractivity contribution is 6.03. The van der Waals surface area contributed by atoms with Gasteiger partial charge in [-0.1, -0.05) is 12.1 Å². The van der Waals surface area contributed by atoms with Gasteiger partial charge in [0.2, 0.25) is 0 Å². The van der Waals surface area contributed by atoms with E-state index in [0.717, 1.165) is 33.7 Å². The first kappa shape index (κ1) is 17.0. The van der Waals surface area contributed by atoms with E-state index in [0.29, 0.717) is 12.1 Å². The van der Waals surface area contributed by atoms with Crippen LogP contribution in [0.25, 0.3) is 11.0 Å². The highest BCUT2D eigenvalue weighted by Gasteiger charge is 2.19. The molecule has 0 aliphatic rings. The van der Waals surface area contributed by atoms with E-state index >= 15 is 0 Å². The van der Waals surface area contributed by atoms with Crippen LogP contribution in [-0.2, 0) is 17.9 Å². The molecular weight excluding hydrogens is 318 g/mol. The monoisotopic (exact) mass is 339 g/mol. The second-order valence-corrected chi connectivity index (χ2v) is 5.84. The summed E-state index contributed by atoms with van der Waals surface area (Å²) in [5, 5.41) is 5.22. The second-order valence-electron chi connectivity index (χ2n) is 5.84. The van der Waals surface area contributed by atoms with Gasteiger partial charge in [0.25, 0.3) is 0 Å². The number of methoxy groups -OCH3 is 1. The first-order valence-electron chi connectivity index (χ1n) is 8.18. The molecule has 0 bridgehead atoms. The summed E-state index contributed by atoms with van der Waals surface area (Å²) in [7, 11) is 1.62. The number of aromatic nitrogens is 3. The van der Waals surface area contributed by atoms with Crippen LogP contribution in [-0.4, -0.2) is 27.8 Å². The summed E-state index contributed by atoms with van der Waals surface area (Å²) < 4.78 is 12.4. The van der Waals surface area contributed by atoms with Crippen LogP contribution in [0.3, 0.4) is 0 Å². The second kappa shape index (κ2) is 6.93. The molecule has 6 heteroatoms. The van der Waals surface area contributed by atoms with Gasteiger partial charge in [0, 0.05) is 12.2 Å². The number of benzene rings is 1. The maximum atomic E-state index is 12.6. The maximum Gasteiger partial charge on any atom is 0.339 e. The van der Waals surface area contributed by atoms with Crippen LogP contribution >= 0.6 is 0 Å². The summed E-state index contributed by atoms with van der Waals surface area (Å²) in [5.74, 6) is 0.397. The largest absolute Gasteiger partial charge is 0.497 e. The summed E-state index contributed by atoms with van der Waals surface area (Å²) in [4.78, 5) is 17.2. The topological polar surface area (TPSA) is 66.2 Å². The van der Waals surface area contributed by atoms with Crippen molar-refractivity contribution in [1.82, 2.24) is 14.8 Å². The van der Waals surface area contributed by atoms with Crippen LogP contribution in [0.1, 0.15) is 34.2 Å². The van der Waals surface area contributed by atoms with Crippen molar-refractivity contribution in [3.05, 3.63) is 52.8 Å². The molecule has 3 rings (SSSR count). The summed E-state index contributed by atoms with van der Waals surface area (Å²) >= 11 is 0. The average molecular weight is 339 g/mol. The number of aryl methyl sites for hydroxylation is 3. The number of carbonyl (C=O) groups excluding carboxylic acids is 1. The van der Waals surface area contributed by atoms with Crippen molar-refractivity contribution < 1.29 is 14.3 Å². The lowest BCUT2D eigenvalue weighted by Gasteiger charge is -2.08. The van der Waals surface area contributed by atoms with Gasteiger partial charge in [-0.05, 0) is 44.5 Å². The van der Waals surface area contributed by atoms with Crippen molar-refractivity contribution in [2.45, 2.75) is 33.9 Å². The number of fused-ring (bicyclic) bond motifs is 1. The van der Waals surface area contributed by atoms with Crippen molar-refractivity contribution in [2.75, 3.05) is 7.11 Å². The van der Waals surface area contributed by atoms with Crippen molar-refractivity contribution in [2.24, 2.45) is 0 Å². The van der Waals surface area contributed by atoms with E-state index in [9.17, 15) is 4.79 Å². The lowest BCUT2D eigenvalue weighted by Crippen LogP contribution is -2.08. The molecule has 0 spiro atoms. The Kier molecular flexibility index (Phi) is 4.70. The van der Waals surface area contributed by atoms with Gasteiger partial charge in [0.1, 0.15) is 12.4 Å². The van der Waals surface area contributed by atoms with E-state index < -0.39 is 0 Å². The highest BCUT2D eigenvalue weighted by Crippen LogP contribution is 2.23. The number of hydrogen-bond acceptors (Lipinski definition) is 5. The van der Waals surface area contributed by atoms with E-state index in [1.165, 1.54) is 0 Å². The Morgan fingerprint density at radius 1 is 1.20 bits per heavy atom. The summed E-state index contributed by atoms with van der Waals surface area (Å²) in [6.45, 7) is 6.64. The zero-order valence-corrected chi connectivity index (χ0v) is 14.9. The van der Waals surface area contributed by atoms with Gasteiger partial charge in [-0.15, -0.1) is 0 Å². The lowest BCUT2D eigenvalue weighted by atomic mass is 10.1. The number of pyridine rings is 1. The fourth-order valence-electron chi connectivity index (χ4n) is 2.81. The van der Waals surface area contributed by atoms with Gasteiger partial charge < -0.3 is 9.47 Å². The molecule has 0 aliphatic heterocycles. The third-order valence-corrected chi connectivity index (χ3v) is 4.05. The number of nitrogens with zero attached hydrogens (tertiary/aromatic N) is 3. The van der Waals surface area contributed by atoms with E-state index in [-0.39, 0.29) is 12.6 Å². The number of ether oxygens (including phenoxy) is 2. The van der Waals surface area contributed by atoms with Crippen molar-refractivity contribution in [3.8, 4) is 5.75 Å². The number of rotatable bonds is 5. The van der Waals surface area contributed by atoms with Crippen LogP contribution < -0.4 is 4.74 Å². The van der Waals surface area contributed by atoms with Crippen molar-refractivity contribution in [3.63, 3.8) is 0 Å². The van der Waals surface area contributed by atoms with Gasteiger partial charge >= 0.3 is 5.97 Å². The minimum absolute atomic E-state index is 0.201. The molecule has 25 heavy (non-hydrogen) atoms. The van der Waals surface area contributed by atoms with E-state index in [1.807, 2.05) is 45.0 Å². The molecule has 6 nitrogen and oxygen atoms in total. The Balaban J connectivity index is 1.87. The molecule has 2 heterocycles. The predicted molar refractivity (Wildman–Crippen MR) is 94.8 cm³/mol. The lowest BCUT2D eigenvalue weighted by molar-refractivity contribution is 0.0475. The van der Waals surface area contributed by atoms with Crippen molar-refractivity contribution in [1.29, 1.82) is 0 Å². The molecule has 0 aliphatic carbocycles. The van der Waals surface area contributed by atoms with Crippen LogP contribution in [0.2, 0.25) is 0 Å². The molecule has 1 aromatic carbocycles. The molecule has 0 saturated heterocycles. The molecule has 0 atom stereocenters. The van der Waals surface area contributed by atoms with Gasteiger partial charge in [0.05, 0.1) is 23.8 Å². The van der Waals surface area contributed by atoms with Gasteiger partial charge in [0.15, 0.2) is 5.65 Å². The molecule has 3 aromatic rings. The zero-order chi connectivity index (χ0) is 18.0. The third-order valence-electron chi connectivity index (χ3n) is 4.05. The Hall–Kier alpha value is -2.89. The highest BCUT2D eigenvalue weighted by atomic mass is 16.5. The zero-order valence-electron chi connectivity index (χ0n) is 14.9. The first-order valence-corrected chi connectivity index (χ1v) is 8.18. The van der Waals surface area contributed by atoms with E-state index in [1.54, 1.807) is 17.9 Å².